The lowest BCUT2D eigenvalue weighted by atomic mass is 9.87. The Morgan fingerprint density at radius 2 is 2.22 bits per heavy atom. The highest BCUT2D eigenvalue weighted by molar-refractivity contribution is 5.43. The monoisotopic (exact) mass is 248 g/mol. The van der Waals surface area contributed by atoms with E-state index in [0.717, 1.165) is 29.9 Å². The molecule has 1 spiro atoms. The second kappa shape index (κ2) is 4.16. The number of hydrogen-bond acceptors (Lipinski definition) is 3. The first-order valence-corrected chi connectivity index (χ1v) is 6.67. The van der Waals surface area contributed by atoms with Crippen LogP contribution >= 0.6 is 0 Å². The van der Waals surface area contributed by atoms with Crippen LogP contribution in [0.25, 0.3) is 0 Å². The van der Waals surface area contributed by atoms with Crippen LogP contribution in [0.15, 0.2) is 18.2 Å². The van der Waals surface area contributed by atoms with E-state index >= 15 is 0 Å². The van der Waals surface area contributed by atoms with Crippen molar-refractivity contribution in [1.29, 1.82) is 0 Å². The molecule has 98 valence electrons. The van der Waals surface area contributed by atoms with Crippen molar-refractivity contribution in [3.8, 4) is 11.5 Å². The average Bonchev–Trinajstić information content (AvgIpc) is 2.70. The lowest BCUT2D eigenvalue weighted by Gasteiger charge is -2.38. The van der Waals surface area contributed by atoms with Crippen molar-refractivity contribution >= 4 is 0 Å². The van der Waals surface area contributed by atoms with Gasteiger partial charge in [-0.3, -0.25) is 0 Å². The minimum Gasteiger partial charge on any atom is -0.497 e. The van der Waals surface area contributed by atoms with Crippen LogP contribution in [0.4, 0.5) is 0 Å². The van der Waals surface area contributed by atoms with Gasteiger partial charge in [0.05, 0.1) is 13.2 Å². The Morgan fingerprint density at radius 3 is 2.89 bits per heavy atom. The molecule has 18 heavy (non-hydrogen) atoms. The van der Waals surface area contributed by atoms with Gasteiger partial charge in [0, 0.05) is 12.0 Å². The van der Waals surface area contributed by atoms with Gasteiger partial charge in [0.2, 0.25) is 0 Å². The number of benzene rings is 1. The molecule has 2 aliphatic rings. The molecule has 1 aromatic rings. The van der Waals surface area contributed by atoms with Crippen LogP contribution in [-0.2, 0) is 0 Å². The third-order valence-corrected chi connectivity index (χ3v) is 4.28. The maximum Gasteiger partial charge on any atom is 0.126 e. The Balaban J connectivity index is 1.93. The Labute approximate surface area is 108 Å². The lowest BCUT2D eigenvalue weighted by Crippen LogP contribution is -2.38. The lowest BCUT2D eigenvalue weighted by molar-refractivity contribution is -0.0117. The van der Waals surface area contributed by atoms with E-state index in [2.05, 4.69) is 6.92 Å². The summed E-state index contributed by atoms with van der Waals surface area (Å²) in [4.78, 5) is 0. The Hall–Kier alpha value is -1.22. The summed E-state index contributed by atoms with van der Waals surface area (Å²) < 4.78 is 11.4. The number of fused-ring (bicyclic) bond motifs is 1. The van der Waals surface area contributed by atoms with Crippen LogP contribution in [0.3, 0.4) is 0 Å². The number of aliphatic hydroxyl groups is 1. The molecule has 3 rings (SSSR count). The molecule has 1 fully saturated rings. The van der Waals surface area contributed by atoms with Gasteiger partial charge in [0.1, 0.15) is 17.1 Å². The van der Waals surface area contributed by atoms with Crippen LogP contribution in [0.1, 0.15) is 44.3 Å². The van der Waals surface area contributed by atoms with Crippen molar-refractivity contribution in [3.05, 3.63) is 23.8 Å². The topological polar surface area (TPSA) is 38.7 Å². The average molecular weight is 248 g/mol. The summed E-state index contributed by atoms with van der Waals surface area (Å²) in [6, 6.07) is 5.69. The van der Waals surface area contributed by atoms with Gasteiger partial charge in [-0.25, -0.2) is 0 Å². The zero-order chi connectivity index (χ0) is 12.8. The number of aliphatic hydroxyl groups excluding tert-OH is 1. The smallest absolute Gasteiger partial charge is 0.126 e. The van der Waals surface area contributed by atoms with Crippen molar-refractivity contribution < 1.29 is 14.6 Å². The molecular weight excluding hydrogens is 228 g/mol. The molecule has 0 bridgehead atoms. The third kappa shape index (κ3) is 1.87. The minimum absolute atomic E-state index is 0.138. The van der Waals surface area contributed by atoms with E-state index in [0.29, 0.717) is 12.3 Å². The molecule has 1 heterocycles. The third-order valence-electron chi connectivity index (χ3n) is 4.28. The summed E-state index contributed by atoms with van der Waals surface area (Å²) in [6.45, 7) is 2.26. The minimum atomic E-state index is -0.436. The predicted octanol–water partition coefficient (Wildman–Crippen LogP) is 3.07. The quantitative estimate of drug-likeness (QED) is 0.830. The van der Waals surface area contributed by atoms with E-state index < -0.39 is 6.10 Å². The summed E-state index contributed by atoms with van der Waals surface area (Å²) in [5.41, 5.74) is 0.722. The second-order valence-electron chi connectivity index (χ2n) is 5.76. The molecule has 3 nitrogen and oxygen atoms in total. The summed E-state index contributed by atoms with van der Waals surface area (Å²) in [5.74, 6) is 2.28. The summed E-state index contributed by atoms with van der Waals surface area (Å²) in [6.07, 6.45) is 3.57. The van der Waals surface area contributed by atoms with Crippen LogP contribution in [0.2, 0.25) is 0 Å². The first-order valence-electron chi connectivity index (χ1n) is 6.67. The fraction of sp³-hybridized carbons (Fsp3) is 0.600. The van der Waals surface area contributed by atoms with E-state index in [-0.39, 0.29) is 5.60 Å². The standard InChI is InChI=1S/C15H20O3/c1-10-5-6-15(8-10)9-13(16)12-7-11(17-2)3-4-14(12)18-15/h3-4,7,10,13,16H,5-6,8-9H2,1-2H3. The molecule has 0 aromatic heterocycles. The van der Waals surface area contributed by atoms with E-state index in [9.17, 15) is 5.11 Å². The van der Waals surface area contributed by atoms with Gasteiger partial charge in [0.15, 0.2) is 0 Å². The Morgan fingerprint density at radius 1 is 1.39 bits per heavy atom. The Kier molecular flexibility index (Phi) is 2.74. The van der Waals surface area contributed by atoms with Crippen molar-refractivity contribution in [2.75, 3.05) is 7.11 Å². The van der Waals surface area contributed by atoms with Crippen molar-refractivity contribution in [2.45, 2.75) is 44.3 Å². The number of methoxy groups -OCH3 is 1. The largest absolute Gasteiger partial charge is 0.497 e. The molecule has 1 N–H and O–H groups in total. The van der Waals surface area contributed by atoms with Gasteiger partial charge in [0.25, 0.3) is 0 Å². The summed E-state index contributed by atoms with van der Waals surface area (Å²) >= 11 is 0. The van der Waals surface area contributed by atoms with E-state index in [4.69, 9.17) is 9.47 Å². The summed E-state index contributed by atoms with van der Waals surface area (Å²) in [5, 5.41) is 10.4. The fourth-order valence-electron chi connectivity index (χ4n) is 3.37. The molecule has 0 amide bonds. The van der Waals surface area contributed by atoms with Crippen molar-refractivity contribution in [1.82, 2.24) is 0 Å². The molecular formula is C15H20O3. The maximum absolute atomic E-state index is 10.4. The van der Waals surface area contributed by atoms with Gasteiger partial charge in [-0.15, -0.1) is 0 Å². The molecule has 0 radical (unpaired) electrons. The molecule has 1 aliphatic carbocycles. The van der Waals surface area contributed by atoms with E-state index in [1.807, 2.05) is 18.2 Å². The molecule has 0 saturated heterocycles. The highest BCUT2D eigenvalue weighted by Gasteiger charge is 2.45. The molecule has 1 aliphatic heterocycles. The van der Waals surface area contributed by atoms with Gasteiger partial charge in [-0.2, -0.15) is 0 Å². The first-order chi connectivity index (χ1) is 8.62. The van der Waals surface area contributed by atoms with Crippen LogP contribution in [-0.4, -0.2) is 17.8 Å². The highest BCUT2D eigenvalue weighted by Crippen LogP contribution is 2.49. The number of ether oxygens (including phenoxy) is 2. The predicted molar refractivity (Wildman–Crippen MR) is 68.9 cm³/mol. The van der Waals surface area contributed by atoms with Crippen LogP contribution in [0.5, 0.6) is 11.5 Å². The van der Waals surface area contributed by atoms with E-state index in [1.165, 1.54) is 6.42 Å². The summed E-state index contributed by atoms with van der Waals surface area (Å²) in [7, 11) is 1.64. The van der Waals surface area contributed by atoms with Crippen LogP contribution < -0.4 is 9.47 Å². The molecule has 1 saturated carbocycles. The van der Waals surface area contributed by atoms with Gasteiger partial charge in [-0.1, -0.05) is 6.92 Å². The van der Waals surface area contributed by atoms with Gasteiger partial charge >= 0.3 is 0 Å². The molecule has 3 unspecified atom stereocenters. The van der Waals surface area contributed by atoms with Crippen molar-refractivity contribution in [3.63, 3.8) is 0 Å². The number of hydrogen-bond donors (Lipinski definition) is 1. The highest BCUT2D eigenvalue weighted by atomic mass is 16.5. The molecule has 1 aromatic carbocycles. The maximum atomic E-state index is 10.4. The zero-order valence-electron chi connectivity index (χ0n) is 11.0. The zero-order valence-corrected chi connectivity index (χ0v) is 11.0. The first kappa shape index (κ1) is 11.8. The molecule has 3 heteroatoms. The fourth-order valence-corrected chi connectivity index (χ4v) is 3.37. The molecule has 3 atom stereocenters. The Bertz CT molecular complexity index is 457. The van der Waals surface area contributed by atoms with Gasteiger partial charge in [-0.05, 0) is 43.4 Å². The van der Waals surface area contributed by atoms with Crippen LogP contribution in [0, 0.1) is 5.92 Å². The van der Waals surface area contributed by atoms with E-state index in [1.54, 1.807) is 7.11 Å². The van der Waals surface area contributed by atoms with Crippen molar-refractivity contribution in [2.24, 2.45) is 5.92 Å². The number of rotatable bonds is 1. The normalized spacial score (nSPS) is 34.2. The second-order valence-corrected chi connectivity index (χ2v) is 5.76. The SMILES string of the molecule is COc1ccc2c(c1)C(O)CC1(CCC(C)C1)O2. The van der Waals surface area contributed by atoms with Gasteiger partial charge < -0.3 is 14.6 Å².